The smallest absolute Gasteiger partial charge is 0.0898 e. The Morgan fingerprint density at radius 2 is 1.88 bits per heavy atom. The molecule has 1 fully saturated rings. The number of anilines is 1. The monoisotopic (exact) mass is 378 g/mol. The number of aryl methyl sites for hydroxylation is 1. The van der Waals surface area contributed by atoms with E-state index in [0.717, 1.165) is 48.4 Å². The van der Waals surface area contributed by atoms with Crippen molar-refractivity contribution in [1.82, 2.24) is 4.98 Å². The normalized spacial score (nSPS) is 17.0. The van der Waals surface area contributed by atoms with Gasteiger partial charge in [-0.2, -0.15) is 0 Å². The Bertz CT molecular complexity index is 780. The quantitative estimate of drug-likeness (QED) is 0.767. The Labute approximate surface area is 159 Å². The molecule has 2 aromatic rings. The fourth-order valence-corrected chi connectivity index (χ4v) is 3.73. The van der Waals surface area contributed by atoms with Gasteiger partial charge >= 0.3 is 0 Å². The topological polar surface area (TPSA) is 36.4 Å². The maximum atomic E-state index is 9.89. The molecule has 1 aliphatic heterocycles. The lowest BCUT2D eigenvalue weighted by Gasteiger charge is -2.39. The molecule has 25 heavy (non-hydrogen) atoms. The number of hydrogen-bond donors (Lipinski definition) is 1. The van der Waals surface area contributed by atoms with Crippen LogP contribution in [0, 0.1) is 12.3 Å². The number of benzene rings is 1. The van der Waals surface area contributed by atoms with Gasteiger partial charge in [-0.15, -0.1) is 0 Å². The predicted molar refractivity (Wildman–Crippen MR) is 106 cm³/mol. The second-order valence-electron chi connectivity index (χ2n) is 7.53. The first-order valence-electron chi connectivity index (χ1n) is 8.63. The summed E-state index contributed by atoms with van der Waals surface area (Å²) in [6, 6.07) is 7.65. The minimum atomic E-state index is -0.0965. The van der Waals surface area contributed by atoms with Gasteiger partial charge in [0.2, 0.25) is 0 Å². The molecule has 1 aromatic carbocycles. The van der Waals surface area contributed by atoms with Gasteiger partial charge in [0.15, 0.2) is 0 Å². The van der Waals surface area contributed by atoms with Crippen LogP contribution in [0.3, 0.4) is 0 Å². The SMILES string of the molecule is Cc1cc(N2CCC(C)(C)CC2)c(CO)nc1-c1cccc(Cl)c1Cl. The van der Waals surface area contributed by atoms with Crippen LogP contribution < -0.4 is 4.90 Å². The summed E-state index contributed by atoms with van der Waals surface area (Å²) in [7, 11) is 0. The maximum absolute atomic E-state index is 9.89. The number of piperidine rings is 1. The van der Waals surface area contributed by atoms with Crippen molar-refractivity contribution in [2.75, 3.05) is 18.0 Å². The first-order valence-corrected chi connectivity index (χ1v) is 9.39. The summed E-state index contributed by atoms with van der Waals surface area (Å²) in [5, 5.41) is 10.9. The molecular weight excluding hydrogens is 355 g/mol. The number of aliphatic hydroxyl groups is 1. The molecule has 3 rings (SSSR count). The number of nitrogens with zero attached hydrogens (tertiary/aromatic N) is 2. The second-order valence-corrected chi connectivity index (χ2v) is 8.32. The zero-order chi connectivity index (χ0) is 18.2. The van der Waals surface area contributed by atoms with Crippen molar-refractivity contribution in [3.05, 3.63) is 45.6 Å². The molecule has 1 saturated heterocycles. The molecule has 1 N–H and O–H groups in total. The lowest BCUT2D eigenvalue weighted by atomic mass is 9.82. The van der Waals surface area contributed by atoms with E-state index in [1.54, 1.807) is 6.07 Å². The molecule has 0 unspecified atom stereocenters. The lowest BCUT2D eigenvalue weighted by molar-refractivity contribution is 0.270. The van der Waals surface area contributed by atoms with Crippen LogP contribution in [-0.4, -0.2) is 23.2 Å². The van der Waals surface area contributed by atoms with Gasteiger partial charge < -0.3 is 10.0 Å². The molecule has 0 saturated carbocycles. The van der Waals surface area contributed by atoms with E-state index in [0.29, 0.717) is 21.2 Å². The standard InChI is InChI=1S/C20H24Cl2N2O/c1-13-11-17(24-9-7-20(2,3)8-10-24)16(12-25)23-19(13)14-5-4-6-15(21)18(14)22/h4-6,11,25H,7-10,12H2,1-3H3. The number of aliphatic hydroxyl groups excluding tert-OH is 1. The summed E-state index contributed by atoms with van der Waals surface area (Å²) in [6.07, 6.45) is 2.28. The highest BCUT2D eigenvalue weighted by Gasteiger charge is 2.27. The Balaban J connectivity index is 2.01. The highest BCUT2D eigenvalue weighted by Crippen LogP contribution is 2.38. The predicted octanol–water partition coefficient (Wildman–Crippen LogP) is 5.48. The minimum absolute atomic E-state index is 0.0965. The van der Waals surface area contributed by atoms with Crippen LogP contribution in [-0.2, 0) is 6.61 Å². The third kappa shape index (κ3) is 3.79. The van der Waals surface area contributed by atoms with Gasteiger partial charge in [-0.05, 0) is 42.9 Å². The van der Waals surface area contributed by atoms with Gasteiger partial charge in [0.05, 0.1) is 33.7 Å². The molecule has 1 aliphatic rings. The molecule has 5 heteroatoms. The van der Waals surface area contributed by atoms with Crippen molar-refractivity contribution in [2.24, 2.45) is 5.41 Å². The maximum Gasteiger partial charge on any atom is 0.0898 e. The molecule has 134 valence electrons. The molecule has 0 spiro atoms. The van der Waals surface area contributed by atoms with Crippen LogP contribution >= 0.6 is 23.2 Å². The van der Waals surface area contributed by atoms with E-state index in [1.165, 1.54) is 0 Å². The third-order valence-corrected chi connectivity index (χ3v) is 5.90. The summed E-state index contributed by atoms with van der Waals surface area (Å²) in [5.41, 5.74) is 4.70. The van der Waals surface area contributed by atoms with E-state index in [2.05, 4.69) is 24.8 Å². The van der Waals surface area contributed by atoms with E-state index in [1.807, 2.05) is 19.1 Å². The van der Waals surface area contributed by atoms with E-state index in [-0.39, 0.29) is 6.61 Å². The molecule has 3 nitrogen and oxygen atoms in total. The number of pyridine rings is 1. The van der Waals surface area contributed by atoms with E-state index >= 15 is 0 Å². The zero-order valence-corrected chi connectivity index (χ0v) is 16.5. The molecule has 0 aliphatic carbocycles. The largest absolute Gasteiger partial charge is 0.390 e. The van der Waals surface area contributed by atoms with Gasteiger partial charge in [-0.1, -0.05) is 49.2 Å². The Morgan fingerprint density at radius 1 is 1.20 bits per heavy atom. The van der Waals surface area contributed by atoms with E-state index in [9.17, 15) is 5.11 Å². The molecule has 0 amide bonds. The molecule has 0 atom stereocenters. The molecular formula is C20H24Cl2N2O. The van der Waals surface area contributed by atoms with Crippen LogP contribution in [0.1, 0.15) is 37.9 Å². The summed E-state index contributed by atoms with van der Waals surface area (Å²) in [5.74, 6) is 0. The lowest BCUT2D eigenvalue weighted by Crippen LogP contribution is -2.38. The molecule has 0 bridgehead atoms. The summed E-state index contributed by atoms with van der Waals surface area (Å²) in [4.78, 5) is 7.07. The Hall–Kier alpha value is -1.29. The number of halogens is 2. The highest BCUT2D eigenvalue weighted by molar-refractivity contribution is 6.43. The van der Waals surface area contributed by atoms with E-state index < -0.39 is 0 Å². The van der Waals surface area contributed by atoms with Crippen LogP contribution in [0.4, 0.5) is 5.69 Å². The summed E-state index contributed by atoms with van der Waals surface area (Å²) >= 11 is 12.5. The van der Waals surface area contributed by atoms with Crippen molar-refractivity contribution in [3.8, 4) is 11.3 Å². The minimum Gasteiger partial charge on any atom is -0.390 e. The highest BCUT2D eigenvalue weighted by atomic mass is 35.5. The van der Waals surface area contributed by atoms with Gasteiger partial charge in [-0.3, -0.25) is 0 Å². The first-order chi connectivity index (χ1) is 11.8. The van der Waals surface area contributed by atoms with Crippen molar-refractivity contribution in [1.29, 1.82) is 0 Å². The number of hydrogen-bond acceptors (Lipinski definition) is 3. The van der Waals surface area contributed by atoms with Crippen LogP contribution in [0.5, 0.6) is 0 Å². The summed E-state index contributed by atoms with van der Waals surface area (Å²) in [6.45, 7) is 8.52. The van der Waals surface area contributed by atoms with E-state index in [4.69, 9.17) is 28.2 Å². The first kappa shape index (κ1) is 18.5. The third-order valence-electron chi connectivity index (χ3n) is 5.08. The Kier molecular flexibility index (Phi) is 5.29. The fraction of sp³-hybridized carbons (Fsp3) is 0.450. The van der Waals surface area contributed by atoms with Crippen molar-refractivity contribution in [3.63, 3.8) is 0 Å². The van der Waals surface area contributed by atoms with Crippen LogP contribution in [0.2, 0.25) is 10.0 Å². The second kappa shape index (κ2) is 7.14. The fourth-order valence-electron chi connectivity index (χ4n) is 3.34. The summed E-state index contributed by atoms with van der Waals surface area (Å²) < 4.78 is 0. The van der Waals surface area contributed by atoms with Crippen LogP contribution in [0.15, 0.2) is 24.3 Å². The zero-order valence-electron chi connectivity index (χ0n) is 14.9. The average Bonchev–Trinajstić information content (AvgIpc) is 2.57. The number of aromatic nitrogens is 1. The Morgan fingerprint density at radius 3 is 2.52 bits per heavy atom. The molecule has 1 aromatic heterocycles. The van der Waals surface area contributed by atoms with Gasteiger partial charge in [0, 0.05) is 18.7 Å². The van der Waals surface area contributed by atoms with Crippen LogP contribution in [0.25, 0.3) is 11.3 Å². The molecule has 2 heterocycles. The van der Waals surface area contributed by atoms with Crippen molar-refractivity contribution in [2.45, 2.75) is 40.2 Å². The van der Waals surface area contributed by atoms with Gasteiger partial charge in [0.25, 0.3) is 0 Å². The van der Waals surface area contributed by atoms with Gasteiger partial charge in [-0.25, -0.2) is 4.98 Å². The van der Waals surface area contributed by atoms with Crippen molar-refractivity contribution < 1.29 is 5.11 Å². The number of rotatable bonds is 3. The van der Waals surface area contributed by atoms with Crippen molar-refractivity contribution >= 4 is 28.9 Å². The van der Waals surface area contributed by atoms with Gasteiger partial charge in [0.1, 0.15) is 0 Å². The average molecular weight is 379 g/mol. The molecule has 0 radical (unpaired) electrons.